The molecule has 2 aliphatic rings. The number of hydrogen-bond donors (Lipinski definition) is 3. The predicted octanol–water partition coefficient (Wildman–Crippen LogP) is 3.79. The average molecular weight is 352 g/mol. The standard InChI is InChI=1S/C21H24N2O3/c1-13-4-6-14(7-5-13)17-11-21(12-20(2,3)22-19(25)23-21)26-18-10-15(24)8-9-16(17)18/h4-10,17,24H,11-12H2,1-3H3,(H2,22,23,25). The lowest BCUT2D eigenvalue weighted by Gasteiger charge is -2.49. The van der Waals surface area contributed by atoms with Gasteiger partial charge in [0.25, 0.3) is 0 Å². The molecule has 1 fully saturated rings. The second-order valence-electron chi connectivity index (χ2n) is 8.13. The van der Waals surface area contributed by atoms with E-state index in [9.17, 15) is 9.90 Å². The molecule has 2 heterocycles. The highest BCUT2D eigenvalue weighted by atomic mass is 16.5. The van der Waals surface area contributed by atoms with Crippen molar-refractivity contribution in [3.63, 3.8) is 0 Å². The lowest BCUT2D eigenvalue weighted by Crippen LogP contribution is -2.69. The molecule has 5 heteroatoms. The van der Waals surface area contributed by atoms with Gasteiger partial charge in [-0.2, -0.15) is 0 Å². The van der Waals surface area contributed by atoms with Crippen LogP contribution in [0, 0.1) is 6.92 Å². The van der Waals surface area contributed by atoms with Crippen molar-refractivity contribution in [3.8, 4) is 11.5 Å². The van der Waals surface area contributed by atoms with Crippen LogP contribution in [0.2, 0.25) is 0 Å². The van der Waals surface area contributed by atoms with Crippen LogP contribution in [0.5, 0.6) is 11.5 Å². The number of fused-ring (bicyclic) bond motifs is 1. The molecule has 4 rings (SSSR count). The fourth-order valence-corrected chi connectivity index (χ4v) is 4.22. The van der Waals surface area contributed by atoms with E-state index in [-0.39, 0.29) is 23.2 Å². The Morgan fingerprint density at radius 1 is 1.12 bits per heavy atom. The highest BCUT2D eigenvalue weighted by molar-refractivity contribution is 5.77. The van der Waals surface area contributed by atoms with Gasteiger partial charge in [0.2, 0.25) is 0 Å². The molecule has 0 saturated carbocycles. The molecular weight excluding hydrogens is 328 g/mol. The first-order valence-electron chi connectivity index (χ1n) is 8.94. The number of hydrogen-bond acceptors (Lipinski definition) is 3. The molecule has 0 bridgehead atoms. The third-order valence-corrected chi connectivity index (χ3v) is 5.21. The Hall–Kier alpha value is -2.69. The van der Waals surface area contributed by atoms with E-state index in [1.54, 1.807) is 12.1 Å². The maximum Gasteiger partial charge on any atom is 0.318 e. The first kappa shape index (κ1) is 16.8. The Labute approximate surface area is 153 Å². The summed E-state index contributed by atoms with van der Waals surface area (Å²) >= 11 is 0. The molecule has 2 amide bonds. The summed E-state index contributed by atoms with van der Waals surface area (Å²) in [5.41, 5.74) is 2.23. The number of amides is 2. The monoisotopic (exact) mass is 352 g/mol. The number of urea groups is 1. The maximum atomic E-state index is 12.3. The molecule has 0 radical (unpaired) electrons. The fourth-order valence-electron chi connectivity index (χ4n) is 4.22. The van der Waals surface area contributed by atoms with Gasteiger partial charge in [0.1, 0.15) is 11.5 Å². The van der Waals surface area contributed by atoms with E-state index in [4.69, 9.17) is 4.74 Å². The second-order valence-corrected chi connectivity index (χ2v) is 8.13. The Morgan fingerprint density at radius 3 is 2.54 bits per heavy atom. The number of aromatic hydroxyl groups is 1. The highest BCUT2D eigenvalue weighted by Gasteiger charge is 2.49. The first-order valence-corrected chi connectivity index (χ1v) is 8.94. The predicted molar refractivity (Wildman–Crippen MR) is 99.5 cm³/mol. The topological polar surface area (TPSA) is 70.6 Å². The van der Waals surface area contributed by atoms with E-state index >= 15 is 0 Å². The van der Waals surface area contributed by atoms with Gasteiger partial charge in [-0.15, -0.1) is 0 Å². The van der Waals surface area contributed by atoms with Gasteiger partial charge in [-0.3, -0.25) is 0 Å². The van der Waals surface area contributed by atoms with Crippen LogP contribution in [0.4, 0.5) is 4.79 Å². The number of carbonyl (C=O) groups excluding carboxylic acids is 1. The molecule has 2 unspecified atom stereocenters. The second kappa shape index (κ2) is 5.66. The van der Waals surface area contributed by atoms with Crippen molar-refractivity contribution in [1.29, 1.82) is 0 Å². The lowest BCUT2D eigenvalue weighted by molar-refractivity contribution is -0.0236. The summed E-state index contributed by atoms with van der Waals surface area (Å²) in [5.74, 6) is 0.858. The number of carbonyl (C=O) groups is 1. The van der Waals surface area contributed by atoms with Crippen molar-refractivity contribution < 1.29 is 14.6 Å². The van der Waals surface area contributed by atoms with E-state index in [2.05, 4.69) is 41.8 Å². The SMILES string of the molecule is Cc1ccc(C2CC3(CC(C)(C)NC(=O)N3)Oc3cc(O)ccc32)cc1. The number of phenols is 1. The molecular formula is C21H24N2O3. The van der Waals surface area contributed by atoms with Crippen LogP contribution in [0.3, 0.4) is 0 Å². The molecule has 136 valence electrons. The smallest absolute Gasteiger partial charge is 0.318 e. The minimum absolute atomic E-state index is 0.0779. The lowest BCUT2D eigenvalue weighted by atomic mass is 9.77. The number of nitrogens with one attached hydrogen (secondary N) is 2. The van der Waals surface area contributed by atoms with E-state index in [1.165, 1.54) is 11.1 Å². The van der Waals surface area contributed by atoms with Crippen LogP contribution in [-0.2, 0) is 0 Å². The molecule has 26 heavy (non-hydrogen) atoms. The van der Waals surface area contributed by atoms with Gasteiger partial charge in [0.15, 0.2) is 5.72 Å². The van der Waals surface area contributed by atoms with Gasteiger partial charge >= 0.3 is 6.03 Å². The Kier molecular flexibility index (Phi) is 3.65. The highest BCUT2D eigenvalue weighted by Crippen LogP contribution is 2.47. The Morgan fingerprint density at radius 2 is 1.85 bits per heavy atom. The third kappa shape index (κ3) is 2.98. The molecule has 5 nitrogen and oxygen atoms in total. The minimum Gasteiger partial charge on any atom is -0.508 e. The quantitative estimate of drug-likeness (QED) is 0.731. The van der Waals surface area contributed by atoms with Crippen LogP contribution in [0.1, 0.15) is 49.3 Å². The summed E-state index contributed by atoms with van der Waals surface area (Å²) in [6.45, 7) is 6.06. The summed E-state index contributed by atoms with van der Waals surface area (Å²) in [6.07, 6.45) is 1.27. The van der Waals surface area contributed by atoms with E-state index < -0.39 is 5.72 Å². The summed E-state index contributed by atoms with van der Waals surface area (Å²) in [6, 6.07) is 13.5. The van der Waals surface area contributed by atoms with Gasteiger partial charge in [0, 0.05) is 35.9 Å². The van der Waals surface area contributed by atoms with Crippen molar-refractivity contribution in [3.05, 3.63) is 59.2 Å². The molecule has 3 N–H and O–H groups in total. The minimum atomic E-state index is -0.803. The molecule has 0 aromatic heterocycles. The molecule has 2 aromatic carbocycles. The van der Waals surface area contributed by atoms with E-state index in [1.807, 2.05) is 19.9 Å². The van der Waals surface area contributed by atoms with Crippen molar-refractivity contribution in [2.75, 3.05) is 0 Å². The molecule has 2 aliphatic heterocycles. The molecule has 2 atom stereocenters. The van der Waals surface area contributed by atoms with Gasteiger partial charge in [0.05, 0.1) is 0 Å². The van der Waals surface area contributed by atoms with Crippen LogP contribution in [0.15, 0.2) is 42.5 Å². The van der Waals surface area contributed by atoms with Crippen LogP contribution in [0.25, 0.3) is 0 Å². The fraction of sp³-hybridized carbons (Fsp3) is 0.381. The zero-order chi connectivity index (χ0) is 18.5. The van der Waals surface area contributed by atoms with Gasteiger partial charge in [-0.05, 0) is 32.4 Å². The molecule has 1 saturated heterocycles. The third-order valence-electron chi connectivity index (χ3n) is 5.21. The van der Waals surface area contributed by atoms with Crippen molar-refractivity contribution in [1.82, 2.24) is 10.6 Å². The number of ether oxygens (including phenoxy) is 1. The normalized spacial score (nSPS) is 26.4. The van der Waals surface area contributed by atoms with Crippen molar-refractivity contribution >= 4 is 6.03 Å². The maximum absolute atomic E-state index is 12.3. The molecule has 1 spiro atoms. The van der Waals surface area contributed by atoms with Crippen LogP contribution < -0.4 is 15.4 Å². The van der Waals surface area contributed by atoms with Gasteiger partial charge in [-0.25, -0.2) is 4.79 Å². The van der Waals surface area contributed by atoms with E-state index in [0.717, 1.165) is 5.56 Å². The average Bonchev–Trinajstić information content (AvgIpc) is 2.52. The van der Waals surface area contributed by atoms with E-state index in [0.29, 0.717) is 18.6 Å². The number of benzene rings is 2. The van der Waals surface area contributed by atoms with Crippen molar-refractivity contribution in [2.24, 2.45) is 0 Å². The number of rotatable bonds is 1. The number of phenolic OH excluding ortho intramolecular Hbond substituents is 1. The summed E-state index contributed by atoms with van der Waals surface area (Å²) in [5, 5.41) is 15.9. The van der Waals surface area contributed by atoms with Gasteiger partial charge < -0.3 is 20.5 Å². The first-order chi connectivity index (χ1) is 12.3. The van der Waals surface area contributed by atoms with Crippen molar-refractivity contribution in [2.45, 2.75) is 50.8 Å². The Balaban J connectivity index is 1.81. The van der Waals surface area contributed by atoms with Gasteiger partial charge in [-0.1, -0.05) is 35.9 Å². The van der Waals surface area contributed by atoms with Crippen LogP contribution in [-0.4, -0.2) is 22.4 Å². The molecule has 0 aliphatic carbocycles. The summed E-state index contributed by atoms with van der Waals surface area (Å²) in [4.78, 5) is 12.3. The Bertz CT molecular complexity index is 860. The summed E-state index contributed by atoms with van der Waals surface area (Å²) < 4.78 is 6.29. The summed E-state index contributed by atoms with van der Waals surface area (Å²) in [7, 11) is 0. The molecule has 2 aromatic rings. The number of aryl methyl sites for hydroxylation is 1. The largest absolute Gasteiger partial charge is 0.508 e. The van der Waals surface area contributed by atoms with Crippen LogP contribution >= 0.6 is 0 Å². The zero-order valence-corrected chi connectivity index (χ0v) is 15.3. The zero-order valence-electron chi connectivity index (χ0n) is 15.3.